The standard InChI is InChI=1S/C13H16O/c1-10(12(3)14)8-9-13-7-5-4-6-11(13)2/h4-9,12,14H,1H2,2-3H3. The van der Waals surface area contributed by atoms with Gasteiger partial charge in [0.05, 0.1) is 6.10 Å². The van der Waals surface area contributed by atoms with E-state index in [0.717, 1.165) is 11.1 Å². The third-order valence-corrected chi connectivity index (χ3v) is 2.20. The smallest absolute Gasteiger partial charge is 0.0756 e. The van der Waals surface area contributed by atoms with Crippen molar-refractivity contribution in [3.8, 4) is 0 Å². The molecular formula is C13H16O. The molecule has 1 aromatic carbocycles. The fourth-order valence-electron chi connectivity index (χ4n) is 1.11. The molecule has 1 heteroatoms. The molecule has 0 amide bonds. The second kappa shape index (κ2) is 4.77. The first kappa shape index (κ1) is 10.7. The van der Waals surface area contributed by atoms with Crippen molar-refractivity contribution in [2.45, 2.75) is 20.0 Å². The predicted molar refractivity (Wildman–Crippen MR) is 61.0 cm³/mol. The molecule has 1 aromatic rings. The number of hydrogen-bond donors (Lipinski definition) is 1. The summed E-state index contributed by atoms with van der Waals surface area (Å²) < 4.78 is 0. The monoisotopic (exact) mass is 188 g/mol. The van der Waals surface area contributed by atoms with Crippen LogP contribution in [-0.4, -0.2) is 11.2 Å². The molecule has 0 aliphatic heterocycles. The van der Waals surface area contributed by atoms with Gasteiger partial charge in [-0.15, -0.1) is 0 Å². The minimum absolute atomic E-state index is 0.477. The summed E-state index contributed by atoms with van der Waals surface area (Å²) >= 11 is 0. The Hall–Kier alpha value is -1.34. The molecule has 1 unspecified atom stereocenters. The zero-order valence-electron chi connectivity index (χ0n) is 8.70. The first-order valence-corrected chi connectivity index (χ1v) is 4.72. The van der Waals surface area contributed by atoms with Gasteiger partial charge in [0.15, 0.2) is 0 Å². The summed E-state index contributed by atoms with van der Waals surface area (Å²) in [4.78, 5) is 0. The van der Waals surface area contributed by atoms with E-state index in [1.54, 1.807) is 6.92 Å². The van der Waals surface area contributed by atoms with Crippen molar-refractivity contribution in [3.63, 3.8) is 0 Å². The summed E-state index contributed by atoms with van der Waals surface area (Å²) in [6, 6.07) is 8.11. The highest BCUT2D eigenvalue weighted by atomic mass is 16.3. The molecule has 0 aliphatic carbocycles. The summed E-state index contributed by atoms with van der Waals surface area (Å²) in [7, 11) is 0. The summed E-state index contributed by atoms with van der Waals surface area (Å²) in [6.45, 7) is 7.54. The fraction of sp³-hybridized carbons (Fsp3) is 0.231. The van der Waals surface area contributed by atoms with Crippen LogP contribution in [0.4, 0.5) is 0 Å². The van der Waals surface area contributed by atoms with Crippen molar-refractivity contribution in [1.29, 1.82) is 0 Å². The van der Waals surface area contributed by atoms with E-state index >= 15 is 0 Å². The SMILES string of the molecule is C=C(C=Cc1ccccc1C)C(C)O. The second-order valence-electron chi connectivity index (χ2n) is 3.44. The van der Waals surface area contributed by atoms with Crippen LogP contribution < -0.4 is 0 Å². The molecule has 0 aliphatic rings. The van der Waals surface area contributed by atoms with Crippen LogP contribution in [0.25, 0.3) is 6.08 Å². The number of aliphatic hydroxyl groups excluding tert-OH is 1. The summed E-state index contributed by atoms with van der Waals surface area (Å²) in [5, 5.41) is 9.22. The molecule has 0 radical (unpaired) electrons. The first-order chi connectivity index (χ1) is 6.61. The van der Waals surface area contributed by atoms with E-state index in [1.165, 1.54) is 5.56 Å². The highest BCUT2D eigenvalue weighted by Gasteiger charge is 1.97. The van der Waals surface area contributed by atoms with Gasteiger partial charge in [0.25, 0.3) is 0 Å². The molecule has 1 rings (SSSR count). The molecule has 14 heavy (non-hydrogen) atoms. The Morgan fingerprint density at radius 1 is 1.43 bits per heavy atom. The van der Waals surface area contributed by atoms with Gasteiger partial charge in [-0.1, -0.05) is 43.0 Å². The van der Waals surface area contributed by atoms with Gasteiger partial charge in [0.2, 0.25) is 0 Å². The molecule has 0 fully saturated rings. The van der Waals surface area contributed by atoms with Gasteiger partial charge in [-0.25, -0.2) is 0 Å². The highest BCUT2D eigenvalue weighted by molar-refractivity contribution is 5.56. The maximum Gasteiger partial charge on any atom is 0.0756 e. The molecule has 0 spiro atoms. The van der Waals surface area contributed by atoms with Crippen LogP contribution in [0.3, 0.4) is 0 Å². The molecule has 1 nitrogen and oxygen atoms in total. The van der Waals surface area contributed by atoms with Gasteiger partial charge in [0, 0.05) is 0 Å². The van der Waals surface area contributed by atoms with Crippen molar-refractivity contribution < 1.29 is 5.11 Å². The zero-order chi connectivity index (χ0) is 10.6. The van der Waals surface area contributed by atoms with Crippen LogP contribution in [0.1, 0.15) is 18.1 Å². The Kier molecular flexibility index (Phi) is 3.66. The van der Waals surface area contributed by atoms with Crippen LogP contribution >= 0.6 is 0 Å². The largest absolute Gasteiger partial charge is 0.389 e. The van der Waals surface area contributed by atoms with E-state index < -0.39 is 6.10 Å². The van der Waals surface area contributed by atoms with Crippen LogP contribution in [0, 0.1) is 6.92 Å². The maximum atomic E-state index is 9.22. The molecule has 0 heterocycles. The average Bonchev–Trinajstić information content (AvgIpc) is 2.16. The highest BCUT2D eigenvalue weighted by Crippen LogP contribution is 2.11. The van der Waals surface area contributed by atoms with Crippen LogP contribution in [0.15, 0.2) is 42.5 Å². The van der Waals surface area contributed by atoms with Crippen molar-refractivity contribution >= 4 is 6.08 Å². The van der Waals surface area contributed by atoms with E-state index in [-0.39, 0.29) is 0 Å². The van der Waals surface area contributed by atoms with E-state index in [0.29, 0.717) is 0 Å². The Bertz CT molecular complexity index is 348. The number of rotatable bonds is 3. The average molecular weight is 188 g/mol. The lowest BCUT2D eigenvalue weighted by molar-refractivity contribution is 0.236. The fourth-order valence-corrected chi connectivity index (χ4v) is 1.11. The van der Waals surface area contributed by atoms with Gasteiger partial charge in [-0.3, -0.25) is 0 Å². The molecular weight excluding hydrogens is 172 g/mol. The molecule has 1 N–H and O–H groups in total. The Labute approximate surface area is 85.4 Å². The Morgan fingerprint density at radius 3 is 2.64 bits per heavy atom. The molecule has 74 valence electrons. The molecule has 0 aromatic heterocycles. The van der Waals surface area contributed by atoms with E-state index in [1.807, 2.05) is 30.4 Å². The maximum absolute atomic E-state index is 9.22. The second-order valence-corrected chi connectivity index (χ2v) is 3.44. The number of benzene rings is 1. The van der Waals surface area contributed by atoms with Crippen LogP contribution in [0.5, 0.6) is 0 Å². The molecule has 1 atom stereocenters. The Balaban J connectivity index is 2.79. The van der Waals surface area contributed by atoms with Gasteiger partial charge in [-0.05, 0) is 30.5 Å². The Morgan fingerprint density at radius 2 is 2.07 bits per heavy atom. The van der Waals surface area contributed by atoms with Crippen molar-refractivity contribution in [1.82, 2.24) is 0 Å². The third kappa shape index (κ3) is 2.86. The number of hydrogen-bond acceptors (Lipinski definition) is 1. The lowest BCUT2D eigenvalue weighted by atomic mass is 10.1. The van der Waals surface area contributed by atoms with Crippen molar-refractivity contribution in [2.24, 2.45) is 0 Å². The quantitative estimate of drug-likeness (QED) is 0.723. The normalized spacial score (nSPS) is 13.1. The van der Waals surface area contributed by atoms with E-state index in [4.69, 9.17) is 0 Å². The third-order valence-electron chi connectivity index (χ3n) is 2.20. The zero-order valence-corrected chi connectivity index (χ0v) is 8.70. The number of aliphatic hydroxyl groups is 1. The van der Waals surface area contributed by atoms with Gasteiger partial charge < -0.3 is 5.11 Å². The lowest BCUT2D eigenvalue weighted by Crippen LogP contribution is -1.99. The first-order valence-electron chi connectivity index (χ1n) is 4.72. The van der Waals surface area contributed by atoms with E-state index in [2.05, 4.69) is 19.6 Å². The number of aryl methyl sites for hydroxylation is 1. The predicted octanol–water partition coefficient (Wildman–Crippen LogP) is 2.95. The van der Waals surface area contributed by atoms with E-state index in [9.17, 15) is 5.11 Å². The summed E-state index contributed by atoms with van der Waals surface area (Å²) in [5.41, 5.74) is 3.12. The van der Waals surface area contributed by atoms with Gasteiger partial charge >= 0.3 is 0 Å². The van der Waals surface area contributed by atoms with Crippen LogP contribution in [-0.2, 0) is 0 Å². The van der Waals surface area contributed by atoms with Gasteiger partial charge in [0.1, 0.15) is 0 Å². The summed E-state index contributed by atoms with van der Waals surface area (Å²) in [6.07, 6.45) is 3.35. The lowest BCUT2D eigenvalue weighted by Gasteiger charge is -2.03. The van der Waals surface area contributed by atoms with Crippen molar-refractivity contribution in [2.75, 3.05) is 0 Å². The summed E-state index contributed by atoms with van der Waals surface area (Å²) in [5.74, 6) is 0. The van der Waals surface area contributed by atoms with Gasteiger partial charge in [-0.2, -0.15) is 0 Å². The molecule has 0 saturated carbocycles. The van der Waals surface area contributed by atoms with Crippen LogP contribution in [0.2, 0.25) is 0 Å². The molecule has 0 saturated heterocycles. The topological polar surface area (TPSA) is 20.2 Å². The molecule has 0 bridgehead atoms. The minimum atomic E-state index is -0.477. The minimum Gasteiger partial charge on any atom is -0.389 e. The van der Waals surface area contributed by atoms with Crippen molar-refractivity contribution in [3.05, 3.63) is 53.6 Å².